The Hall–Kier alpha value is -0.940. The van der Waals surface area contributed by atoms with Crippen molar-refractivity contribution in [3.63, 3.8) is 0 Å². The average molecular weight is 270 g/mol. The second kappa shape index (κ2) is 6.29. The summed E-state index contributed by atoms with van der Waals surface area (Å²) in [5.41, 5.74) is 6.69. The predicted molar refractivity (Wildman–Crippen MR) is 73.9 cm³/mol. The summed E-state index contributed by atoms with van der Waals surface area (Å²) >= 11 is 1.38. The molecule has 0 unspecified atom stereocenters. The van der Waals surface area contributed by atoms with E-state index in [2.05, 4.69) is 4.98 Å². The SMILES string of the molecule is CCOC(=O)c1sc(C(N)(CC)CC)nc1CC. The molecule has 0 spiro atoms. The lowest BCUT2D eigenvalue weighted by atomic mass is 9.95. The molecule has 0 saturated heterocycles. The third-order valence-electron chi connectivity index (χ3n) is 3.18. The summed E-state index contributed by atoms with van der Waals surface area (Å²) < 4.78 is 5.05. The maximum absolute atomic E-state index is 11.8. The molecule has 0 aromatic carbocycles. The van der Waals surface area contributed by atoms with Crippen LogP contribution in [0.2, 0.25) is 0 Å². The van der Waals surface area contributed by atoms with Gasteiger partial charge in [0.1, 0.15) is 9.88 Å². The van der Waals surface area contributed by atoms with Gasteiger partial charge in [0.25, 0.3) is 0 Å². The molecule has 2 N–H and O–H groups in total. The van der Waals surface area contributed by atoms with Crippen molar-refractivity contribution in [2.24, 2.45) is 5.73 Å². The van der Waals surface area contributed by atoms with E-state index >= 15 is 0 Å². The normalized spacial score (nSPS) is 11.6. The lowest BCUT2D eigenvalue weighted by Crippen LogP contribution is -2.34. The Balaban J connectivity index is 3.15. The van der Waals surface area contributed by atoms with E-state index in [4.69, 9.17) is 10.5 Å². The summed E-state index contributed by atoms with van der Waals surface area (Å²) in [6.07, 6.45) is 2.33. The van der Waals surface area contributed by atoms with Gasteiger partial charge in [-0.1, -0.05) is 20.8 Å². The number of nitrogens with zero attached hydrogens (tertiary/aromatic N) is 1. The molecule has 1 rings (SSSR count). The molecule has 0 atom stereocenters. The molecule has 1 heterocycles. The number of esters is 1. The maximum Gasteiger partial charge on any atom is 0.350 e. The Kier molecular flexibility index (Phi) is 5.28. The molecule has 4 nitrogen and oxygen atoms in total. The van der Waals surface area contributed by atoms with Gasteiger partial charge in [-0.15, -0.1) is 11.3 Å². The largest absolute Gasteiger partial charge is 0.462 e. The van der Waals surface area contributed by atoms with Crippen LogP contribution >= 0.6 is 11.3 Å². The molecule has 0 fully saturated rings. The molecule has 18 heavy (non-hydrogen) atoms. The maximum atomic E-state index is 11.8. The van der Waals surface area contributed by atoms with Gasteiger partial charge in [-0.05, 0) is 26.2 Å². The van der Waals surface area contributed by atoms with Crippen LogP contribution in [0.1, 0.15) is 60.9 Å². The van der Waals surface area contributed by atoms with Crippen molar-refractivity contribution in [1.29, 1.82) is 0 Å². The van der Waals surface area contributed by atoms with E-state index in [9.17, 15) is 4.79 Å². The van der Waals surface area contributed by atoms with E-state index in [-0.39, 0.29) is 5.97 Å². The predicted octanol–water partition coefficient (Wildman–Crippen LogP) is 2.86. The van der Waals surface area contributed by atoms with E-state index < -0.39 is 5.54 Å². The first-order valence-corrected chi connectivity index (χ1v) is 7.30. The minimum Gasteiger partial charge on any atom is -0.462 e. The molecule has 1 aromatic rings. The molecule has 0 saturated carbocycles. The van der Waals surface area contributed by atoms with Crippen LogP contribution in [0.4, 0.5) is 0 Å². The zero-order valence-corrected chi connectivity index (χ0v) is 12.4. The van der Waals surface area contributed by atoms with Gasteiger partial charge in [-0.25, -0.2) is 9.78 Å². The fourth-order valence-electron chi connectivity index (χ4n) is 1.71. The number of aryl methyl sites for hydroxylation is 1. The van der Waals surface area contributed by atoms with Gasteiger partial charge in [0.15, 0.2) is 0 Å². The van der Waals surface area contributed by atoms with Gasteiger partial charge >= 0.3 is 5.97 Å². The first-order valence-electron chi connectivity index (χ1n) is 6.48. The summed E-state index contributed by atoms with van der Waals surface area (Å²) in [7, 11) is 0. The van der Waals surface area contributed by atoms with E-state index in [0.717, 1.165) is 23.5 Å². The molecule has 5 heteroatoms. The number of hydrogen-bond acceptors (Lipinski definition) is 5. The van der Waals surface area contributed by atoms with Crippen molar-refractivity contribution in [1.82, 2.24) is 4.98 Å². The minimum absolute atomic E-state index is 0.285. The summed E-state index contributed by atoms with van der Waals surface area (Å²) in [6, 6.07) is 0. The van der Waals surface area contributed by atoms with Crippen LogP contribution in [-0.4, -0.2) is 17.6 Å². The van der Waals surface area contributed by atoms with Crippen LogP contribution in [0.15, 0.2) is 0 Å². The van der Waals surface area contributed by atoms with Gasteiger partial charge in [0.05, 0.1) is 17.8 Å². The topological polar surface area (TPSA) is 65.2 Å². The summed E-state index contributed by atoms with van der Waals surface area (Å²) in [6.45, 7) is 8.25. The molecule has 0 aliphatic rings. The van der Waals surface area contributed by atoms with Crippen molar-refractivity contribution in [3.05, 3.63) is 15.6 Å². The van der Waals surface area contributed by atoms with E-state index in [1.807, 2.05) is 20.8 Å². The molecular formula is C13H22N2O2S. The molecule has 0 radical (unpaired) electrons. The molecular weight excluding hydrogens is 248 g/mol. The van der Waals surface area contributed by atoms with Gasteiger partial charge < -0.3 is 10.5 Å². The van der Waals surface area contributed by atoms with Crippen LogP contribution in [0.25, 0.3) is 0 Å². The Labute approximate surface area is 113 Å². The highest BCUT2D eigenvalue weighted by atomic mass is 32.1. The highest BCUT2D eigenvalue weighted by molar-refractivity contribution is 7.13. The van der Waals surface area contributed by atoms with Crippen LogP contribution in [-0.2, 0) is 16.7 Å². The van der Waals surface area contributed by atoms with Crippen molar-refractivity contribution in [2.75, 3.05) is 6.61 Å². The van der Waals surface area contributed by atoms with Crippen LogP contribution in [0.5, 0.6) is 0 Å². The molecule has 102 valence electrons. The molecule has 0 aliphatic carbocycles. The van der Waals surface area contributed by atoms with E-state index in [0.29, 0.717) is 17.9 Å². The quantitative estimate of drug-likeness (QED) is 0.807. The highest BCUT2D eigenvalue weighted by Gasteiger charge is 2.30. The zero-order chi connectivity index (χ0) is 13.8. The Morgan fingerprint density at radius 3 is 2.39 bits per heavy atom. The van der Waals surface area contributed by atoms with Crippen molar-refractivity contribution < 1.29 is 9.53 Å². The number of carbonyl (C=O) groups is 1. The third kappa shape index (κ3) is 2.90. The van der Waals surface area contributed by atoms with Gasteiger partial charge in [0, 0.05) is 0 Å². The van der Waals surface area contributed by atoms with E-state index in [1.165, 1.54) is 11.3 Å². The number of hydrogen-bond donors (Lipinski definition) is 1. The Morgan fingerprint density at radius 1 is 1.33 bits per heavy atom. The number of thiazole rings is 1. The highest BCUT2D eigenvalue weighted by Crippen LogP contribution is 2.32. The fourth-order valence-corrected chi connectivity index (χ4v) is 3.00. The summed E-state index contributed by atoms with van der Waals surface area (Å²) in [4.78, 5) is 17.0. The van der Waals surface area contributed by atoms with Gasteiger partial charge in [-0.3, -0.25) is 0 Å². The Bertz CT molecular complexity index is 411. The molecule has 0 amide bonds. The zero-order valence-electron chi connectivity index (χ0n) is 11.6. The standard InChI is InChI=1S/C13H22N2O2S/c1-5-9-10(11(16)17-8-4)18-12(15-9)13(14,6-2)7-3/h5-8,14H2,1-4H3. The number of aromatic nitrogens is 1. The molecule has 0 bridgehead atoms. The third-order valence-corrected chi connectivity index (χ3v) is 4.48. The van der Waals surface area contributed by atoms with Gasteiger partial charge in [0.2, 0.25) is 0 Å². The van der Waals surface area contributed by atoms with Crippen molar-refractivity contribution in [2.45, 2.75) is 52.5 Å². The number of nitrogens with two attached hydrogens (primary N) is 1. The Morgan fingerprint density at radius 2 is 1.94 bits per heavy atom. The average Bonchev–Trinajstić information content (AvgIpc) is 2.82. The smallest absolute Gasteiger partial charge is 0.350 e. The van der Waals surface area contributed by atoms with Crippen molar-refractivity contribution >= 4 is 17.3 Å². The summed E-state index contributed by atoms with van der Waals surface area (Å²) in [5.74, 6) is -0.285. The minimum atomic E-state index is -0.431. The van der Waals surface area contributed by atoms with Gasteiger partial charge in [-0.2, -0.15) is 0 Å². The number of rotatable bonds is 6. The monoisotopic (exact) mass is 270 g/mol. The number of carbonyl (C=O) groups excluding carboxylic acids is 1. The number of ether oxygens (including phenoxy) is 1. The second-order valence-electron chi connectivity index (χ2n) is 4.23. The van der Waals surface area contributed by atoms with E-state index in [1.54, 1.807) is 6.92 Å². The van der Waals surface area contributed by atoms with Crippen LogP contribution in [0, 0.1) is 0 Å². The molecule has 0 aliphatic heterocycles. The lowest BCUT2D eigenvalue weighted by molar-refractivity contribution is 0.0530. The van der Waals surface area contributed by atoms with Crippen LogP contribution < -0.4 is 5.73 Å². The fraction of sp³-hybridized carbons (Fsp3) is 0.692. The summed E-state index contributed by atoms with van der Waals surface area (Å²) in [5, 5.41) is 0.840. The lowest BCUT2D eigenvalue weighted by Gasteiger charge is -2.23. The van der Waals surface area contributed by atoms with Crippen LogP contribution in [0.3, 0.4) is 0 Å². The first-order chi connectivity index (χ1) is 8.52. The van der Waals surface area contributed by atoms with Crippen molar-refractivity contribution in [3.8, 4) is 0 Å². The molecule has 1 aromatic heterocycles. The second-order valence-corrected chi connectivity index (χ2v) is 5.23. The first kappa shape index (κ1) is 15.1.